The average Bonchev–Trinajstić information content (AvgIpc) is 2.85. The molecule has 1 aliphatic carbocycles. The van der Waals surface area contributed by atoms with E-state index in [9.17, 15) is 18.0 Å². The Morgan fingerprint density at radius 1 is 1.35 bits per heavy atom. The van der Waals surface area contributed by atoms with Gasteiger partial charge in [0.05, 0.1) is 5.56 Å². The lowest BCUT2D eigenvalue weighted by atomic mass is 9.85. The zero-order valence-corrected chi connectivity index (χ0v) is 13.1. The minimum Gasteiger partial charge on any atom is -0.338 e. The Kier molecular flexibility index (Phi) is 3.91. The van der Waals surface area contributed by atoms with Crippen LogP contribution in [0.1, 0.15) is 42.9 Å². The van der Waals surface area contributed by atoms with Crippen molar-refractivity contribution >= 4 is 5.91 Å². The Balaban J connectivity index is 1.81. The fraction of sp³-hybridized carbons (Fsp3) is 0.588. The molecular weight excluding hydrogens is 305 g/mol. The molecule has 1 amide bonds. The zero-order valence-electron chi connectivity index (χ0n) is 13.1. The molecule has 3 nitrogen and oxygen atoms in total. The second kappa shape index (κ2) is 5.51. The monoisotopic (exact) mass is 326 g/mol. The first-order valence-corrected chi connectivity index (χ1v) is 7.93. The number of alkyl halides is 3. The first kappa shape index (κ1) is 16.3. The van der Waals surface area contributed by atoms with E-state index < -0.39 is 17.2 Å². The molecule has 23 heavy (non-hydrogen) atoms. The summed E-state index contributed by atoms with van der Waals surface area (Å²) in [5, 5.41) is 0. The minimum absolute atomic E-state index is 0.0218. The number of carbonyl (C=O) groups excluding carboxylic acids is 1. The molecule has 0 aromatic heterocycles. The fourth-order valence-electron chi connectivity index (χ4n) is 3.77. The first-order chi connectivity index (χ1) is 10.7. The van der Waals surface area contributed by atoms with Crippen molar-refractivity contribution in [3.8, 4) is 0 Å². The van der Waals surface area contributed by atoms with E-state index in [1.54, 1.807) is 4.90 Å². The molecule has 1 saturated carbocycles. The summed E-state index contributed by atoms with van der Waals surface area (Å²) in [5.41, 5.74) is 6.30. The van der Waals surface area contributed by atoms with Crippen molar-refractivity contribution in [1.29, 1.82) is 0 Å². The molecule has 2 atom stereocenters. The maximum absolute atomic E-state index is 12.9. The summed E-state index contributed by atoms with van der Waals surface area (Å²) >= 11 is 0. The summed E-state index contributed by atoms with van der Waals surface area (Å²) in [4.78, 5) is 14.5. The van der Waals surface area contributed by atoms with Crippen molar-refractivity contribution in [3.05, 3.63) is 34.9 Å². The van der Waals surface area contributed by atoms with Crippen LogP contribution in [0.5, 0.6) is 0 Å². The number of nitrogens with zero attached hydrogens (tertiary/aromatic N) is 1. The average molecular weight is 326 g/mol. The zero-order chi connectivity index (χ0) is 16.8. The molecule has 126 valence electrons. The van der Waals surface area contributed by atoms with E-state index in [1.807, 2.05) is 6.92 Å². The topological polar surface area (TPSA) is 46.3 Å². The molecule has 1 aliphatic heterocycles. The van der Waals surface area contributed by atoms with Crippen LogP contribution in [0.4, 0.5) is 13.2 Å². The van der Waals surface area contributed by atoms with Gasteiger partial charge in [0.25, 0.3) is 0 Å². The first-order valence-electron chi connectivity index (χ1n) is 7.93. The van der Waals surface area contributed by atoms with Crippen LogP contribution < -0.4 is 5.73 Å². The van der Waals surface area contributed by atoms with E-state index in [1.165, 1.54) is 12.1 Å². The van der Waals surface area contributed by atoms with Crippen molar-refractivity contribution in [2.75, 3.05) is 6.54 Å². The molecule has 6 heteroatoms. The second-order valence-corrected chi connectivity index (χ2v) is 7.02. The van der Waals surface area contributed by atoms with Crippen LogP contribution in [0.2, 0.25) is 0 Å². The van der Waals surface area contributed by atoms with Crippen LogP contribution in [0.25, 0.3) is 0 Å². The lowest BCUT2D eigenvalue weighted by Gasteiger charge is -2.35. The summed E-state index contributed by atoms with van der Waals surface area (Å²) in [7, 11) is 0. The van der Waals surface area contributed by atoms with Gasteiger partial charge in [-0.3, -0.25) is 4.79 Å². The Morgan fingerprint density at radius 2 is 2.09 bits per heavy atom. The lowest BCUT2D eigenvalue weighted by molar-refractivity contribution is -0.142. The van der Waals surface area contributed by atoms with Gasteiger partial charge >= 0.3 is 6.18 Å². The van der Waals surface area contributed by atoms with Crippen molar-refractivity contribution in [2.45, 2.75) is 51.4 Å². The van der Waals surface area contributed by atoms with Crippen molar-refractivity contribution in [1.82, 2.24) is 4.90 Å². The molecule has 1 aromatic rings. The van der Waals surface area contributed by atoms with E-state index >= 15 is 0 Å². The van der Waals surface area contributed by atoms with E-state index in [-0.39, 0.29) is 18.5 Å². The molecule has 1 aromatic carbocycles. The van der Waals surface area contributed by atoms with Crippen LogP contribution in [0.15, 0.2) is 18.2 Å². The lowest BCUT2D eigenvalue weighted by Crippen LogP contribution is -2.44. The number of benzene rings is 1. The summed E-state index contributed by atoms with van der Waals surface area (Å²) in [6.45, 7) is 2.73. The van der Waals surface area contributed by atoms with Crippen molar-refractivity contribution in [2.24, 2.45) is 11.1 Å². The normalized spacial score (nSPS) is 27.9. The number of hydrogen-bond donors (Lipinski definition) is 1. The maximum Gasteiger partial charge on any atom is 0.416 e. The van der Waals surface area contributed by atoms with E-state index in [2.05, 4.69) is 0 Å². The summed E-state index contributed by atoms with van der Waals surface area (Å²) in [6, 6.07) is 3.87. The van der Waals surface area contributed by atoms with Crippen LogP contribution in [-0.4, -0.2) is 23.4 Å². The Bertz CT molecular complexity index is 629. The van der Waals surface area contributed by atoms with Gasteiger partial charge in [-0.2, -0.15) is 13.2 Å². The number of carbonyl (C=O) groups is 1. The van der Waals surface area contributed by atoms with Gasteiger partial charge in [0.15, 0.2) is 0 Å². The molecule has 0 saturated heterocycles. The third-order valence-electron chi connectivity index (χ3n) is 5.13. The molecule has 2 N–H and O–H groups in total. The van der Waals surface area contributed by atoms with Gasteiger partial charge in [0.1, 0.15) is 0 Å². The highest BCUT2D eigenvalue weighted by molar-refractivity contribution is 5.83. The third kappa shape index (κ3) is 3.09. The molecule has 0 radical (unpaired) electrons. The molecule has 1 heterocycles. The van der Waals surface area contributed by atoms with Crippen molar-refractivity contribution < 1.29 is 18.0 Å². The number of rotatable bonds is 1. The molecular formula is C17H21F3N2O. The van der Waals surface area contributed by atoms with E-state index in [0.717, 1.165) is 24.5 Å². The molecule has 1 fully saturated rings. The van der Waals surface area contributed by atoms with Gasteiger partial charge in [-0.05, 0) is 48.9 Å². The Hall–Kier alpha value is -1.56. The predicted molar refractivity (Wildman–Crippen MR) is 80.5 cm³/mol. The molecule has 3 rings (SSSR count). The summed E-state index contributed by atoms with van der Waals surface area (Å²) in [6.07, 6.45) is -1.53. The molecule has 0 spiro atoms. The highest BCUT2D eigenvalue weighted by atomic mass is 19.4. The van der Waals surface area contributed by atoms with Gasteiger partial charge < -0.3 is 10.6 Å². The van der Waals surface area contributed by atoms with E-state index in [4.69, 9.17) is 5.73 Å². The van der Waals surface area contributed by atoms with E-state index in [0.29, 0.717) is 24.9 Å². The summed E-state index contributed by atoms with van der Waals surface area (Å²) < 4.78 is 38.6. The van der Waals surface area contributed by atoms with Gasteiger partial charge in [-0.1, -0.05) is 13.0 Å². The van der Waals surface area contributed by atoms with Gasteiger partial charge in [0.2, 0.25) is 5.91 Å². The highest BCUT2D eigenvalue weighted by Gasteiger charge is 2.43. The number of nitrogens with two attached hydrogens (primary N) is 1. The Morgan fingerprint density at radius 3 is 2.70 bits per heavy atom. The quantitative estimate of drug-likeness (QED) is 0.862. The smallest absolute Gasteiger partial charge is 0.338 e. The number of amides is 1. The third-order valence-corrected chi connectivity index (χ3v) is 5.13. The minimum atomic E-state index is -4.36. The largest absolute Gasteiger partial charge is 0.416 e. The molecule has 0 unspecified atom stereocenters. The van der Waals surface area contributed by atoms with Crippen LogP contribution in [-0.2, 0) is 23.9 Å². The standard InChI is InChI=1S/C17H21F3N2O/c1-16(6-4-14(21)9-16)15(23)22-7-5-11-2-3-13(17(18,19)20)8-12(11)10-22/h2-3,8,14H,4-7,9-10,21H2,1H3/t14-,16+/m1/s1. The predicted octanol–water partition coefficient (Wildman–Crippen LogP) is 3.11. The van der Waals surface area contributed by atoms with Crippen molar-refractivity contribution in [3.63, 3.8) is 0 Å². The van der Waals surface area contributed by atoms with Gasteiger partial charge in [0, 0.05) is 24.5 Å². The number of hydrogen-bond acceptors (Lipinski definition) is 2. The maximum atomic E-state index is 12.9. The van der Waals surface area contributed by atoms with Crippen LogP contribution >= 0.6 is 0 Å². The van der Waals surface area contributed by atoms with Crippen LogP contribution in [0.3, 0.4) is 0 Å². The SMILES string of the molecule is C[C@]1(C(=O)N2CCc3ccc(C(F)(F)F)cc3C2)CC[C@@H](N)C1. The molecule has 0 bridgehead atoms. The number of fused-ring (bicyclic) bond motifs is 1. The van der Waals surface area contributed by atoms with Gasteiger partial charge in [-0.15, -0.1) is 0 Å². The number of halogens is 3. The fourth-order valence-corrected chi connectivity index (χ4v) is 3.77. The second-order valence-electron chi connectivity index (χ2n) is 7.02. The van der Waals surface area contributed by atoms with Gasteiger partial charge in [-0.25, -0.2) is 0 Å². The Labute approximate surface area is 133 Å². The highest BCUT2D eigenvalue weighted by Crippen LogP contribution is 2.40. The van der Waals surface area contributed by atoms with Crippen LogP contribution in [0, 0.1) is 5.41 Å². The summed E-state index contributed by atoms with van der Waals surface area (Å²) in [5.74, 6) is 0.0218. The molecule has 2 aliphatic rings.